The highest BCUT2D eigenvalue weighted by Gasteiger charge is 2.20. The Morgan fingerprint density at radius 2 is 2.12 bits per heavy atom. The molecule has 1 aromatic carbocycles. The number of nitrogens with zero attached hydrogens (tertiary/aromatic N) is 2. The first kappa shape index (κ1) is 12.9. The second-order valence-electron chi connectivity index (χ2n) is 4.96. The van der Waals surface area contributed by atoms with E-state index in [1.54, 1.807) is 0 Å². The Balaban J connectivity index is 2.01. The van der Waals surface area contributed by atoms with Crippen LogP contribution in [0.15, 0.2) is 22.7 Å². The third-order valence-electron chi connectivity index (χ3n) is 3.43. The monoisotopic (exact) mass is 297 g/mol. The van der Waals surface area contributed by atoms with Crippen molar-refractivity contribution in [3.63, 3.8) is 0 Å². The van der Waals surface area contributed by atoms with Gasteiger partial charge in [-0.3, -0.25) is 4.90 Å². The maximum Gasteiger partial charge on any atom is 0.0328 e. The van der Waals surface area contributed by atoms with Crippen molar-refractivity contribution < 1.29 is 0 Å². The molecule has 1 aliphatic heterocycles. The standard InChI is InChI=1S/C13H20BrN3/c1-10-8-17(4-3-16(10)2)9-11-5-12(14)7-13(15)6-11/h5-7,10H,3-4,8-9,15H2,1-2H3. The fourth-order valence-electron chi connectivity index (χ4n) is 2.29. The summed E-state index contributed by atoms with van der Waals surface area (Å²) in [5.41, 5.74) is 7.97. The largest absolute Gasteiger partial charge is 0.399 e. The van der Waals surface area contributed by atoms with Gasteiger partial charge in [0.05, 0.1) is 0 Å². The van der Waals surface area contributed by atoms with Gasteiger partial charge in [-0.25, -0.2) is 0 Å². The van der Waals surface area contributed by atoms with Gasteiger partial charge in [0.15, 0.2) is 0 Å². The van der Waals surface area contributed by atoms with Crippen LogP contribution in [0.5, 0.6) is 0 Å². The summed E-state index contributed by atoms with van der Waals surface area (Å²) in [5.74, 6) is 0. The lowest BCUT2D eigenvalue weighted by molar-refractivity contribution is 0.1000. The predicted molar refractivity (Wildman–Crippen MR) is 75.9 cm³/mol. The summed E-state index contributed by atoms with van der Waals surface area (Å²) in [6, 6.07) is 6.79. The molecule has 94 valence electrons. The van der Waals surface area contributed by atoms with E-state index in [0.29, 0.717) is 6.04 Å². The van der Waals surface area contributed by atoms with Gasteiger partial charge in [-0.2, -0.15) is 0 Å². The van der Waals surface area contributed by atoms with Crippen molar-refractivity contribution in [2.24, 2.45) is 0 Å². The summed E-state index contributed by atoms with van der Waals surface area (Å²) in [4.78, 5) is 4.90. The molecule has 0 saturated carbocycles. The normalized spacial score (nSPS) is 22.9. The molecule has 4 heteroatoms. The van der Waals surface area contributed by atoms with Crippen molar-refractivity contribution in [1.29, 1.82) is 0 Å². The molecule has 1 aliphatic rings. The number of halogens is 1. The lowest BCUT2D eigenvalue weighted by Crippen LogP contribution is -2.49. The van der Waals surface area contributed by atoms with Gasteiger partial charge in [0.25, 0.3) is 0 Å². The molecule has 0 amide bonds. The quantitative estimate of drug-likeness (QED) is 0.849. The van der Waals surface area contributed by atoms with Crippen molar-refractivity contribution in [2.45, 2.75) is 19.5 Å². The van der Waals surface area contributed by atoms with Crippen molar-refractivity contribution >= 4 is 21.6 Å². The second kappa shape index (κ2) is 5.38. The van der Waals surface area contributed by atoms with Gasteiger partial charge < -0.3 is 10.6 Å². The van der Waals surface area contributed by atoms with Gasteiger partial charge in [-0.15, -0.1) is 0 Å². The minimum atomic E-state index is 0.633. The highest BCUT2D eigenvalue weighted by molar-refractivity contribution is 9.10. The average Bonchev–Trinajstić information content (AvgIpc) is 2.22. The fourth-order valence-corrected chi connectivity index (χ4v) is 2.85. The summed E-state index contributed by atoms with van der Waals surface area (Å²) in [6.45, 7) is 6.67. The molecule has 1 saturated heterocycles. The van der Waals surface area contributed by atoms with E-state index in [2.05, 4.69) is 51.8 Å². The van der Waals surface area contributed by atoms with Crippen molar-refractivity contribution in [3.8, 4) is 0 Å². The molecular weight excluding hydrogens is 278 g/mol. The summed E-state index contributed by atoms with van der Waals surface area (Å²) < 4.78 is 1.06. The number of nitrogens with two attached hydrogens (primary N) is 1. The minimum absolute atomic E-state index is 0.633. The summed E-state index contributed by atoms with van der Waals surface area (Å²) in [7, 11) is 2.19. The van der Waals surface area contributed by atoms with E-state index in [9.17, 15) is 0 Å². The molecule has 3 nitrogen and oxygen atoms in total. The molecule has 1 fully saturated rings. The molecule has 0 radical (unpaired) electrons. The molecule has 17 heavy (non-hydrogen) atoms. The zero-order valence-corrected chi connectivity index (χ0v) is 12.1. The Morgan fingerprint density at radius 1 is 1.35 bits per heavy atom. The zero-order chi connectivity index (χ0) is 12.4. The van der Waals surface area contributed by atoms with Crippen LogP contribution in [-0.2, 0) is 6.54 Å². The van der Waals surface area contributed by atoms with E-state index >= 15 is 0 Å². The third-order valence-corrected chi connectivity index (χ3v) is 3.89. The molecule has 0 aromatic heterocycles. The Labute approximate surface area is 112 Å². The van der Waals surface area contributed by atoms with Crippen LogP contribution in [0.2, 0.25) is 0 Å². The molecule has 1 atom stereocenters. The maximum atomic E-state index is 5.86. The maximum absolute atomic E-state index is 5.86. The smallest absolute Gasteiger partial charge is 0.0328 e. The zero-order valence-electron chi connectivity index (χ0n) is 10.5. The minimum Gasteiger partial charge on any atom is -0.399 e. The van der Waals surface area contributed by atoms with Gasteiger partial charge in [0, 0.05) is 42.4 Å². The van der Waals surface area contributed by atoms with Gasteiger partial charge in [0.1, 0.15) is 0 Å². The first-order valence-electron chi connectivity index (χ1n) is 6.02. The number of benzene rings is 1. The Hall–Kier alpha value is -0.580. The number of nitrogen functional groups attached to an aromatic ring is 1. The lowest BCUT2D eigenvalue weighted by Gasteiger charge is -2.37. The van der Waals surface area contributed by atoms with Crippen molar-refractivity contribution in [1.82, 2.24) is 9.80 Å². The van der Waals surface area contributed by atoms with Crippen LogP contribution < -0.4 is 5.73 Å². The predicted octanol–water partition coefficient (Wildman–Crippen LogP) is 2.17. The van der Waals surface area contributed by atoms with E-state index in [1.165, 1.54) is 5.56 Å². The van der Waals surface area contributed by atoms with E-state index in [1.807, 2.05) is 6.07 Å². The summed E-state index contributed by atoms with van der Waals surface area (Å²) >= 11 is 3.49. The van der Waals surface area contributed by atoms with Gasteiger partial charge in [-0.05, 0) is 37.7 Å². The number of anilines is 1. The summed E-state index contributed by atoms with van der Waals surface area (Å²) in [5, 5.41) is 0. The van der Waals surface area contributed by atoms with Gasteiger partial charge >= 0.3 is 0 Å². The van der Waals surface area contributed by atoms with E-state index in [-0.39, 0.29) is 0 Å². The van der Waals surface area contributed by atoms with Crippen molar-refractivity contribution in [2.75, 3.05) is 32.4 Å². The number of likely N-dealkylation sites (N-methyl/N-ethyl adjacent to an activating group) is 1. The molecular formula is C13H20BrN3. The average molecular weight is 298 g/mol. The number of piperazine rings is 1. The molecule has 1 aromatic rings. The first-order valence-corrected chi connectivity index (χ1v) is 6.81. The van der Waals surface area contributed by atoms with Crippen LogP contribution in [-0.4, -0.2) is 42.5 Å². The molecule has 2 rings (SSSR count). The fraction of sp³-hybridized carbons (Fsp3) is 0.538. The number of rotatable bonds is 2. The number of hydrogen-bond acceptors (Lipinski definition) is 3. The van der Waals surface area contributed by atoms with Gasteiger partial charge in [0.2, 0.25) is 0 Å². The number of hydrogen-bond donors (Lipinski definition) is 1. The van der Waals surface area contributed by atoms with E-state index in [0.717, 1.165) is 36.3 Å². The Morgan fingerprint density at radius 3 is 2.76 bits per heavy atom. The van der Waals surface area contributed by atoms with Crippen LogP contribution in [0.3, 0.4) is 0 Å². The molecule has 1 unspecified atom stereocenters. The van der Waals surface area contributed by atoms with Crippen LogP contribution in [0.25, 0.3) is 0 Å². The van der Waals surface area contributed by atoms with E-state index < -0.39 is 0 Å². The van der Waals surface area contributed by atoms with E-state index in [4.69, 9.17) is 5.73 Å². The third kappa shape index (κ3) is 3.44. The topological polar surface area (TPSA) is 32.5 Å². The molecule has 0 aliphatic carbocycles. The van der Waals surface area contributed by atoms with Crippen LogP contribution in [0.1, 0.15) is 12.5 Å². The van der Waals surface area contributed by atoms with Crippen LogP contribution in [0.4, 0.5) is 5.69 Å². The van der Waals surface area contributed by atoms with Crippen molar-refractivity contribution in [3.05, 3.63) is 28.2 Å². The molecule has 0 bridgehead atoms. The van der Waals surface area contributed by atoms with Gasteiger partial charge in [-0.1, -0.05) is 15.9 Å². The lowest BCUT2D eigenvalue weighted by atomic mass is 10.1. The van der Waals surface area contributed by atoms with Crippen LogP contribution >= 0.6 is 15.9 Å². The molecule has 0 spiro atoms. The highest BCUT2D eigenvalue weighted by Crippen LogP contribution is 2.19. The highest BCUT2D eigenvalue weighted by atomic mass is 79.9. The Kier molecular flexibility index (Phi) is 4.07. The second-order valence-corrected chi connectivity index (χ2v) is 5.87. The summed E-state index contributed by atoms with van der Waals surface area (Å²) in [6.07, 6.45) is 0. The molecule has 1 heterocycles. The first-order chi connectivity index (χ1) is 8.04. The molecule has 2 N–H and O–H groups in total. The van der Waals surface area contributed by atoms with Crippen LogP contribution in [0, 0.1) is 0 Å². The SMILES string of the molecule is CC1CN(Cc2cc(N)cc(Br)c2)CCN1C. The Bertz CT molecular complexity index is 374.